The van der Waals surface area contributed by atoms with Gasteiger partial charge in [-0.1, -0.05) is 12.8 Å². The molecule has 1 atom stereocenters. The van der Waals surface area contributed by atoms with Crippen molar-refractivity contribution in [1.82, 2.24) is 9.80 Å². The lowest BCUT2D eigenvalue weighted by atomic mass is 10.1. The Morgan fingerprint density at radius 2 is 1.92 bits per heavy atom. The van der Waals surface area contributed by atoms with E-state index in [0.717, 1.165) is 43.9 Å². The minimum Gasteiger partial charge on any atom is -0.339 e. The van der Waals surface area contributed by atoms with E-state index in [1.165, 1.54) is 0 Å². The number of alkyl halides is 3. The quantitative estimate of drug-likeness (QED) is 0.728. The normalized spacial score (nSPS) is 22.0. The van der Waals surface area contributed by atoms with Gasteiger partial charge < -0.3 is 9.80 Å². The zero-order chi connectivity index (χ0) is 18.9. The van der Waals surface area contributed by atoms with Crippen LogP contribution in [0.5, 0.6) is 0 Å². The van der Waals surface area contributed by atoms with Gasteiger partial charge in [0.2, 0.25) is 5.91 Å². The lowest BCUT2D eigenvalue weighted by Gasteiger charge is -2.25. The predicted molar refractivity (Wildman–Crippen MR) is 89.8 cm³/mol. The van der Waals surface area contributed by atoms with Crippen LogP contribution in [0.4, 0.5) is 17.6 Å². The number of likely N-dealkylation sites (tertiary alicyclic amines) is 1. The maximum atomic E-state index is 13.9. The summed E-state index contributed by atoms with van der Waals surface area (Å²) in [7, 11) is 1.75. The van der Waals surface area contributed by atoms with E-state index in [9.17, 15) is 22.4 Å². The third-order valence-corrected chi connectivity index (χ3v) is 5.39. The van der Waals surface area contributed by atoms with Crippen molar-refractivity contribution in [3.05, 3.63) is 35.1 Å². The highest BCUT2D eigenvalue weighted by Gasteiger charge is 2.36. The number of halogens is 4. The van der Waals surface area contributed by atoms with Gasteiger partial charge >= 0.3 is 6.18 Å². The van der Waals surface area contributed by atoms with Crippen molar-refractivity contribution >= 4 is 5.91 Å². The molecule has 0 radical (unpaired) electrons. The summed E-state index contributed by atoms with van der Waals surface area (Å²) in [5, 5.41) is 0. The van der Waals surface area contributed by atoms with Crippen LogP contribution >= 0.6 is 0 Å². The molecule has 1 amide bonds. The Bertz CT molecular complexity index is 655. The molecule has 1 heterocycles. The molecule has 2 aliphatic rings. The zero-order valence-corrected chi connectivity index (χ0v) is 14.9. The molecule has 0 N–H and O–H groups in total. The molecule has 26 heavy (non-hydrogen) atoms. The molecule has 1 unspecified atom stereocenters. The number of carbonyl (C=O) groups is 1. The molecule has 0 spiro atoms. The third kappa shape index (κ3) is 4.37. The van der Waals surface area contributed by atoms with E-state index < -0.39 is 17.6 Å². The number of hydrogen-bond acceptors (Lipinski definition) is 2. The first kappa shape index (κ1) is 19.1. The lowest BCUT2D eigenvalue weighted by Crippen LogP contribution is -2.35. The Morgan fingerprint density at radius 1 is 1.23 bits per heavy atom. The minimum atomic E-state index is -4.49. The largest absolute Gasteiger partial charge is 0.416 e. The Labute approximate surface area is 151 Å². The summed E-state index contributed by atoms with van der Waals surface area (Å²) < 4.78 is 52.4. The van der Waals surface area contributed by atoms with Crippen LogP contribution in [0, 0.1) is 11.7 Å². The van der Waals surface area contributed by atoms with Crippen LogP contribution in [-0.4, -0.2) is 41.9 Å². The molecule has 3 rings (SSSR count). The van der Waals surface area contributed by atoms with Gasteiger partial charge in [-0.3, -0.25) is 4.79 Å². The molecule has 1 aliphatic carbocycles. The summed E-state index contributed by atoms with van der Waals surface area (Å²) in [5.41, 5.74) is -0.815. The highest BCUT2D eigenvalue weighted by Crippen LogP contribution is 2.32. The molecule has 1 saturated heterocycles. The molecule has 1 aliphatic heterocycles. The van der Waals surface area contributed by atoms with Gasteiger partial charge in [-0.2, -0.15) is 13.2 Å². The molecule has 1 aromatic rings. The first-order valence-electron chi connectivity index (χ1n) is 9.07. The standard InChI is InChI=1S/C19H24F4N2O/c1-24(12-14-9-15(19(21,22)23)6-7-17(14)20)10-13-8-18(26)25(11-13)16-4-2-3-5-16/h6-7,9,13,16H,2-5,8,10-12H2,1H3. The van der Waals surface area contributed by atoms with Crippen LogP contribution in [0.3, 0.4) is 0 Å². The first-order chi connectivity index (χ1) is 12.2. The monoisotopic (exact) mass is 372 g/mol. The van der Waals surface area contributed by atoms with Gasteiger partial charge in [0.25, 0.3) is 0 Å². The van der Waals surface area contributed by atoms with Crippen molar-refractivity contribution in [2.75, 3.05) is 20.1 Å². The number of hydrogen-bond donors (Lipinski definition) is 0. The number of rotatable bonds is 5. The molecule has 1 aromatic carbocycles. The lowest BCUT2D eigenvalue weighted by molar-refractivity contribution is -0.137. The smallest absolute Gasteiger partial charge is 0.339 e. The number of benzene rings is 1. The molecular formula is C19H24F4N2O. The second-order valence-electron chi connectivity index (χ2n) is 7.56. The van der Waals surface area contributed by atoms with E-state index in [1.807, 2.05) is 4.90 Å². The van der Waals surface area contributed by atoms with Crippen LogP contribution in [0.2, 0.25) is 0 Å². The Kier molecular flexibility index (Phi) is 5.55. The highest BCUT2D eigenvalue weighted by molar-refractivity contribution is 5.79. The van der Waals surface area contributed by atoms with Gasteiger partial charge in [0, 0.05) is 37.7 Å². The molecule has 7 heteroatoms. The minimum absolute atomic E-state index is 0.0271. The van der Waals surface area contributed by atoms with Crippen molar-refractivity contribution in [2.24, 2.45) is 5.92 Å². The first-order valence-corrected chi connectivity index (χ1v) is 9.07. The average Bonchev–Trinajstić information content (AvgIpc) is 3.17. The maximum absolute atomic E-state index is 13.9. The number of carbonyl (C=O) groups excluding carboxylic acids is 1. The van der Waals surface area contributed by atoms with E-state index >= 15 is 0 Å². The van der Waals surface area contributed by atoms with Gasteiger partial charge in [-0.15, -0.1) is 0 Å². The van der Waals surface area contributed by atoms with Crippen molar-refractivity contribution < 1.29 is 22.4 Å². The summed E-state index contributed by atoms with van der Waals surface area (Å²) in [6.07, 6.45) is 0.418. The molecular weight excluding hydrogens is 348 g/mol. The zero-order valence-electron chi connectivity index (χ0n) is 14.9. The molecule has 3 nitrogen and oxygen atoms in total. The fraction of sp³-hybridized carbons (Fsp3) is 0.632. The number of nitrogens with zero attached hydrogens (tertiary/aromatic N) is 2. The van der Waals surface area contributed by atoms with Crippen LogP contribution in [0.15, 0.2) is 18.2 Å². The van der Waals surface area contributed by atoms with E-state index in [-0.39, 0.29) is 23.9 Å². The molecule has 1 saturated carbocycles. The fourth-order valence-corrected chi connectivity index (χ4v) is 4.17. The van der Waals surface area contributed by atoms with E-state index in [0.29, 0.717) is 25.6 Å². The van der Waals surface area contributed by atoms with E-state index in [2.05, 4.69) is 0 Å². The van der Waals surface area contributed by atoms with Crippen molar-refractivity contribution in [1.29, 1.82) is 0 Å². The van der Waals surface area contributed by atoms with Crippen molar-refractivity contribution in [2.45, 2.75) is 50.9 Å². The second-order valence-corrected chi connectivity index (χ2v) is 7.56. The Morgan fingerprint density at radius 3 is 2.58 bits per heavy atom. The summed E-state index contributed by atoms with van der Waals surface area (Å²) in [5.74, 6) is -0.331. The molecule has 144 valence electrons. The third-order valence-electron chi connectivity index (χ3n) is 5.39. The van der Waals surface area contributed by atoms with E-state index in [4.69, 9.17) is 0 Å². The molecule has 0 bridgehead atoms. The molecule has 2 fully saturated rings. The van der Waals surface area contributed by atoms with Gasteiger partial charge in [0.15, 0.2) is 0 Å². The summed E-state index contributed by atoms with van der Waals surface area (Å²) in [4.78, 5) is 16.0. The van der Waals surface area contributed by atoms with Crippen LogP contribution in [0.1, 0.15) is 43.2 Å². The van der Waals surface area contributed by atoms with Gasteiger partial charge in [-0.25, -0.2) is 4.39 Å². The van der Waals surface area contributed by atoms with Crippen molar-refractivity contribution in [3.63, 3.8) is 0 Å². The van der Waals surface area contributed by atoms with Gasteiger partial charge in [0.1, 0.15) is 5.82 Å². The van der Waals surface area contributed by atoms with Crippen LogP contribution in [0.25, 0.3) is 0 Å². The van der Waals surface area contributed by atoms with Gasteiger partial charge in [0.05, 0.1) is 5.56 Å². The Hall–Kier alpha value is -1.63. The summed E-state index contributed by atoms with van der Waals surface area (Å²) in [6, 6.07) is 2.84. The highest BCUT2D eigenvalue weighted by atomic mass is 19.4. The average molecular weight is 372 g/mol. The summed E-state index contributed by atoms with van der Waals surface area (Å²) >= 11 is 0. The SMILES string of the molecule is CN(Cc1cc(C(F)(F)F)ccc1F)CC1CC(=O)N(C2CCCC2)C1. The molecule has 0 aromatic heterocycles. The fourth-order valence-electron chi connectivity index (χ4n) is 4.17. The second kappa shape index (κ2) is 7.55. The summed E-state index contributed by atoms with van der Waals surface area (Å²) in [6.45, 7) is 1.34. The van der Waals surface area contributed by atoms with Gasteiger partial charge in [-0.05, 0) is 44.0 Å². The van der Waals surface area contributed by atoms with Crippen molar-refractivity contribution in [3.8, 4) is 0 Å². The van der Waals surface area contributed by atoms with Crippen LogP contribution in [-0.2, 0) is 17.5 Å². The predicted octanol–water partition coefficient (Wildman–Crippen LogP) is 4.07. The topological polar surface area (TPSA) is 23.6 Å². The maximum Gasteiger partial charge on any atom is 0.416 e. The van der Waals surface area contributed by atoms with Crippen LogP contribution < -0.4 is 0 Å². The Balaban J connectivity index is 1.59. The number of amides is 1. The van der Waals surface area contributed by atoms with E-state index in [1.54, 1.807) is 11.9 Å².